The molecule has 0 saturated heterocycles. The standard InChI is InChI=1S/C37H38N2O4/c1-3-5-6-7-9-28-14-16-32(17-15-28)37(40)42-34-24-20-31(21-25-34)36-38-35(39-43-36)30-18-22-33(23-19-30)41-26-29-12-10-27(8-4-2)11-13-29/h10-25H,3-9,26H2,1-2H3. The first kappa shape index (κ1) is 29.8. The predicted octanol–water partition coefficient (Wildman–Crippen LogP) is 9.28. The van der Waals surface area contributed by atoms with Crippen molar-refractivity contribution in [2.75, 3.05) is 0 Å². The molecule has 5 rings (SSSR count). The molecule has 4 aromatic carbocycles. The number of aromatic nitrogens is 2. The Balaban J connectivity index is 1.13. The van der Waals surface area contributed by atoms with Crippen LogP contribution in [0, 0.1) is 0 Å². The number of esters is 1. The Bertz CT molecular complexity index is 1570. The van der Waals surface area contributed by atoms with Crippen LogP contribution in [0.25, 0.3) is 22.8 Å². The van der Waals surface area contributed by atoms with E-state index in [1.54, 1.807) is 24.3 Å². The third-order valence-corrected chi connectivity index (χ3v) is 7.33. The van der Waals surface area contributed by atoms with Crippen molar-refractivity contribution in [2.24, 2.45) is 0 Å². The first-order chi connectivity index (χ1) is 21.1. The van der Waals surface area contributed by atoms with Gasteiger partial charge in [0.25, 0.3) is 5.89 Å². The fraction of sp³-hybridized carbons (Fsp3) is 0.270. The molecule has 0 radical (unpaired) electrons. The average molecular weight is 575 g/mol. The van der Waals surface area contributed by atoms with E-state index in [4.69, 9.17) is 14.0 Å². The van der Waals surface area contributed by atoms with E-state index >= 15 is 0 Å². The van der Waals surface area contributed by atoms with Crippen LogP contribution in [0.2, 0.25) is 0 Å². The van der Waals surface area contributed by atoms with E-state index in [1.807, 2.05) is 48.5 Å². The van der Waals surface area contributed by atoms with E-state index in [0.29, 0.717) is 29.6 Å². The van der Waals surface area contributed by atoms with E-state index in [2.05, 4.69) is 48.3 Å². The average Bonchev–Trinajstić information content (AvgIpc) is 3.54. The minimum Gasteiger partial charge on any atom is -0.489 e. The van der Waals surface area contributed by atoms with Gasteiger partial charge in [0, 0.05) is 11.1 Å². The number of aryl methyl sites for hydroxylation is 2. The smallest absolute Gasteiger partial charge is 0.343 e. The molecule has 1 heterocycles. The highest BCUT2D eigenvalue weighted by Gasteiger charge is 2.13. The van der Waals surface area contributed by atoms with Crippen LogP contribution in [0.5, 0.6) is 11.5 Å². The second kappa shape index (κ2) is 15.0. The Hall–Kier alpha value is -4.71. The van der Waals surface area contributed by atoms with Crippen molar-refractivity contribution >= 4 is 5.97 Å². The number of hydrogen-bond donors (Lipinski definition) is 0. The minimum atomic E-state index is -0.386. The van der Waals surface area contributed by atoms with Crippen LogP contribution in [-0.4, -0.2) is 16.1 Å². The predicted molar refractivity (Wildman–Crippen MR) is 169 cm³/mol. The Morgan fingerprint density at radius 2 is 1.28 bits per heavy atom. The minimum absolute atomic E-state index is 0.384. The van der Waals surface area contributed by atoms with Crippen LogP contribution in [0.1, 0.15) is 73.0 Å². The molecule has 0 N–H and O–H groups in total. The Kier molecular flexibility index (Phi) is 10.4. The van der Waals surface area contributed by atoms with Crippen molar-refractivity contribution in [2.45, 2.75) is 65.4 Å². The second-order valence-electron chi connectivity index (χ2n) is 10.7. The van der Waals surface area contributed by atoms with E-state index in [9.17, 15) is 4.79 Å². The van der Waals surface area contributed by atoms with Crippen LogP contribution < -0.4 is 9.47 Å². The highest BCUT2D eigenvalue weighted by atomic mass is 16.5. The monoisotopic (exact) mass is 574 g/mol. The van der Waals surface area contributed by atoms with Gasteiger partial charge in [-0.1, -0.05) is 81.1 Å². The largest absolute Gasteiger partial charge is 0.489 e. The van der Waals surface area contributed by atoms with Gasteiger partial charge in [0.2, 0.25) is 5.82 Å². The van der Waals surface area contributed by atoms with Crippen LogP contribution in [0.15, 0.2) is 102 Å². The number of unbranched alkanes of at least 4 members (excludes halogenated alkanes) is 3. The number of ether oxygens (including phenoxy) is 2. The topological polar surface area (TPSA) is 74.5 Å². The summed E-state index contributed by atoms with van der Waals surface area (Å²) in [7, 11) is 0. The lowest BCUT2D eigenvalue weighted by Crippen LogP contribution is -2.08. The number of carbonyl (C=O) groups excluding carboxylic acids is 1. The van der Waals surface area contributed by atoms with Gasteiger partial charge in [-0.15, -0.1) is 0 Å². The van der Waals surface area contributed by atoms with Gasteiger partial charge in [-0.3, -0.25) is 0 Å². The summed E-state index contributed by atoms with van der Waals surface area (Å²) in [6, 6.07) is 30.9. The van der Waals surface area contributed by atoms with Crippen molar-refractivity contribution in [3.05, 3.63) is 119 Å². The molecule has 0 spiro atoms. The van der Waals surface area contributed by atoms with Crippen LogP contribution in [-0.2, 0) is 19.4 Å². The van der Waals surface area contributed by atoms with Crippen molar-refractivity contribution < 1.29 is 18.8 Å². The zero-order chi connectivity index (χ0) is 29.9. The summed E-state index contributed by atoms with van der Waals surface area (Å²) in [5.74, 6) is 1.70. The molecule has 43 heavy (non-hydrogen) atoms. The van der Waals surface area contributed by atoms with E-state index in [0.717, 1.165) is 41.7 Å². The molecule has 220 valence electrons. The highest BCUT2D eigenvalue weighted by Crippen LogP contribution is 2.26. The molecule has 0 atom stereocenters. The number of nitrogens with zero attached hydrogens (tertiary/aromatic N) is 2. The van der Waals surface area contributed by atoms with Gasteiger partial charge in [-0.25, -0.2) is 4.79 Å². The van der Waals surface area contributed by atoms with Crippen LogP contribution in [0.3, 0.4) is 0 Å². The van der Waals surface area contributed by atoms with Gasteiger partial charge in [0.05, 0.1) is 5.56 Å². The number of carbonyl (C=O) groups is 1. The first-order valence-electron chi connectivity index (χ1n) is 15.2. The van der Waals surface area contributed by atoms with Crippen molar-refractivity contribution in [3.63, 3.8) is 0 Å². The van der Waals surface area contributed by atoms with Gasteiger partial charge >= 0.3 is 5.97 Å². The van der Waals surface area contributed by atoms with Gasteiger partial charge in [-0.2, -0.15) is 4.98 Å². The Morgan fingerprint density at radius 3 is 1.98 bits per heavy atom. The molecular weight excluding hydrogens is 536 g/mol. The normalized spacial score (nSPS) is 10.9. The zero-order valence-corrected chi connectivity index (χ0v) is 24.9. The molecule has 0 aliphatic rings. The summed E-state index contributed by atoms with van der Waals surface area (Å²) in [6.07, 6.45) is 8.15. The van der Waals surface area contributed by atoms with E-state index in [1.165, 1.54) is 36.8 Å². The molecule has 0 bridgehead atoms. The SMILES string of the molecule is CCCCCCc1ccc(C(=O)Oc2ccc(-c3nc(-c4ccc(OCc5ccc(CCC)cc5)cc4)no3)cc2)cc1. The zero-order valence-electron chi connectivity index (χ0n) is 24.9. The highest BCUT2D eigenvalue weighted by molar-refractivity contribution is 5.91. The van der Waals surface area contributed by atoms with Crippen LogP contribution >= 0.6 is 0 Å². The molecule has 0 fully saturated rings. The van der Waals surface area contributed by atoms with Crippen molar-refractivity contribution in [1.29, 1.82) is 0 Å². The molecule has 6 nitrogen and oxygen atoms in total. The summed E-state index contributed by atoms with van der Waals surface area (Å²) in [4.78, 5) is 17.2. The van der Waals surface area contributed by atoms with E-state index < -0.39 is 0 Å². The molecule has 0 aliphatic heterocycles. The van der Waals surface area contributed by atoms with Crippen LogP contribution in [0.4, 0.5) is 0 Å². The third-order valence-electron chi connectivity index (χ3n) is 7.33. The summed E-state index contributed by atoms with van der Waals surface area (Å²) < 4.78 is 17.0. The maximum absolute atomic E-state index is 12.6. The fourth-order valence-corrected chi connectivity index (χ4v) is 4.81. The molecule has 1 aromatic heterocycles. The fourth-order valence-electron chi connectivity index (χ4n) is 4.81. The lowest BCUT2D eigenvalue weighted by atomic mass is 10.0. The molecule has 0 unspecified atom stereocenters. The van der Waals surface area contributed by atoms with Crippen molar-refractivity contribution in [1.82, 2.24) is 10.1 Å². The molecule has 0 saturated carbocycles. The second-order valence-corrected chi connectivity index (χ2v) is 10.7. The Labute approximate surface area is 253 Å². The van der Waals surface area contributed by atoms with Gasteiger partial charge in [0.1, 0.15) is 18.1 Å². The number of rotatable bonds is 14. The molecule has 0 aliphatic carbocycles. The lowest BCUT2D eigenvalue weighted by molar-refractivity contribution is 0.0734. The van der Waals surface area contributed by atoms with Gasteiger partial charge < -0.3 is 14.0 Å². The number of hydrogen-bond acceptors (Lipinski definition) is 6. The van der Waals surface area contributed by atoms with E-state index in [-0.39, 0.29) is 5.97 Å². The molecule has 0 amide bonds. The molecular formula is C37H38N2O4. The third kappa shape index (κ3) is 8.41. The first-order valence-corrected chi connectivity index (χ1v) is 15.2. The summed E-state index contributed by atoms with van der Waals surface area (Å²) in [6.45, 7) is 4.90. The quantitative estimate of drug-likeness (QED) is 0.0747. The molecule has 5 aromatic rings. The lowest BCUT2D eigenvalue weighted by Gasteiger charge is -2.07. The maximum atomic E-state index is 12.6. The number of benzene rings is 4. The molecule has 6 heteroatoms. The summed E-state index contributed by atoms with van der Waals surface area (Å²) in [5.41, 5.74) is 5.80. The summed E-state index contributed by atoms with van der Waals surface area (Å²) >= 11 is 0. The Morgan fingerprint density at radius 1 is 0.651 bits per heavy atom. The van der Waals surface area contributed by atoms with Gasteiger partial charge in [-0.05, 0) is 96.6 Å². The van der Waals surface area contributed by atoms with Gasteiger partial charge in [0.15, 0.2) is 0 Å². The van der Waals surface area contributed by atoms with Crippen molar-refractivity contribution in [3.8, 4) is 34.3 Å². The maximum Gasteiger partial charge on any atom is 0.343 e. The summed E-state index contributed by atoms with van der Waals surface area (Å²) in [5, 5.41) is 4.14.